The van der Waals surface area contributed by atoms with Crippen LogP contribution < -0.4 is 14.3 Å². The fourth-order valence-electron chi connectivity index (χ4n) is 3.61. The van der Waals surface area contributed by atoms with Crippen molar-refractivity contribution in [2.75, 3.05) is 24.9 Å². The van der Waals surface area contributed by atoms with Gasteiger partial charge >= 0.3 is 7.60 Å². The maximum absolute atomic E-state index is 12.4. The number of methoxy groups -OCH3 is 1. The summed E-state index contributed by atoms with van der Waals surface area (Å²) in [7, 11) is -5.93. The molecule has 2 aromatic carbocycles. The van der Waals surface area contributed by atoms with Gasteiger partial charge in [-0.15, -0.1) is 0 Å². The maximum Gasteiger partial charge on any atom is 0.369 e. The van der Waals surface area contributed by atoms with Crippen molar-refractivity contribution < 1.29 is 36.9 Å². The molecular weight excluding hydrogens is 481 g/mol. The molecular formula is C23H34NO8PS. The highest BCUT2D eigenvalue weighted by atomic mass is 32.2. The fraction of sp³-hybridized carbons (Fsp3) is 0.478. The molecule has 34 heavy (non-hydrogen) atoms. The van der Waals surface area contributed by atoms with E-state index in [0.717, 1.165) is 28.5 Å². The Kier molecular flexibility index (Phi) is 9.96. The van der Waals surface area contributed by atoms with Gasteiger partial charge in [0.25, 0.3) is 0 Å². The summed E-state index contributed by atoms with van der Waals surface area (Å²) >= 11 is 0. The standard InChI is InChI=1S/C23H34NO8PS/c1-7-20(8-2)33(25,26)32-31-19-11-16(3)21(17(4)12-19)13-18-9-10-23(30-15-29-5)22(14-18)24-34(6,27)28/h9-12,14,20,24H,7-8,13,15H2,1-6H3,(H,25,26). The van der Waals surface area contributed by atoms with Gasteiger partial charge in [-0.25, -0.2) is 8.42 Å². The highest BCUT2D eigenvalue weighted by molar-refractivity contribution is 7.92. The van der Waals surface area contributed by atoms with Crippen LogP contribution in [0, 0.1) is 13.8 Å². The van der Waals surface area contributed by atoms with E-state index in [2.05, 4.69) is 4.72 Å². The normalized spacial score (nSPS) is 13.5. The van der Waals surface area contributed by atoms with Gasteiger partial charge in [-0.3, -0.25) is 9.29 Å². The quantitative estimate of drug-likeness (QED) is 0.167. The van der Waals surface area contributed by atoms with E-state index < -0.39 is 23.3 Å². The van der Waals surface area contributed by atoms with E-state index in [1.54, 1.807) is 24.3 Å². The molecule has 0 aromatic heterocycles. The van der Waals surface area contributed by atoms with E-state index >= 15 is 0 Å². The SMILES string of the molecule is CCC(CC)P(=O)(O)OOc1cc(C)c(Cc2ccc(OCOC)c(NS(C)(=O)=O)c2)c(C)c1. The van der Waals surface area contributed by atoms with Crippen molar-refractivity contribution >= 4 is 23.3 Å². The van der Waals surface area contributed by atoms with Crippen LogP contribution in [0.1, 0.15) is 48.9 Å². The molecule has 0 amide bonds. The van der Waals surface area contributed by atoms with E-state index in [1.165, 1.54) is 7.11 Å². The van der Waals surface area contributed by atoms with Gasteiger partial charge in [-0.05, 0) is 79.6 Å². The van der Waals surface area contributed by atoms with Crippen molar-refractivity contribution in [2.45, 2.75) is 52.6 Å². The monoisotopic (exact) mass is 515 g/mol. The zero-order valence-corrected chi connectivity index (χ0v) is 22.2. The third-order valence-electron chi connectivity index (χ3n) is 5.37. The van der Waals surface area contributed by atoms with Crippen LogP contribution in [-0.2, 0) is 30.4 Å². The van der Waals surface area contributed by atoms with E-state index in [-0.39, 0.29) is 6.79 Å². The average Bonchev–Trinajstić information content (AvgIpc) is 2.74. The highest BCUT2D eigenvalue weighted by Gasteiger charge is 2.31. The van der Waals surface area contributed by atoms with Gasteiger partial charge in [0.2, 0.25) is 10.0 Å². The first-order chi connectivity index (χ1) is 15.9. The lowest BCUT2D eigenvalue weighted by Crippen LogP contribution is -2.12. The van der Waals surface area contributed by atoms with E-state index in [0.29, 0.717) is 36.4 Å². The molecule has 0 aliphatic heterocycles. The summed E-state index contributed by atoms with van der Waals surface area (Å²) < 4.78 is 53.8. The van der Waals surface area contributed by atoms with Crippen LogP contribution >= 0.6 is 7.60 Å². The van der Waals surface area contributed by atoms with E-state index in [4.69, 9.17) is 19.0 Å². The first-order valence-corrected chi connectivity index (χ1v) is 14.4. The molecule has 0 aliphatic rings. The van der Waals surface area contributed by atoms with E-state index in [9.17, 15) is 17.9 Å². The number of hydrogen-bond acceptors (Lipinski definition) is 7. The second kappa shape index (κ2) is 12.0. The zero-order valence-electron chi connectivity index (χ0n) is 20.5. The third-order valence-corrected chi connectivity index (χ3v) is 7.90. The summed E-state index contributed by atoms with van der Waals surface area (Å²) in [6.45, 7) is 7.45. The molecule has 0 heterocycles. The smallest absolute Gasteiger partial charge is 0.369 e. The predicted molar refractivity (Wildman–Crippen MR) is 132 cm³/mol. The second-order valence-corrected chi connectivity index (χ2v) is 11.9. The zero-order chi connectivity index (χ0) is 25.5. The first-order valence-electron chi connectivity index (χ1n) is 10.9. The number of ether oxygens (including phenoxy) is 2. The molecule has 0 spiro atoms. The molecule has 0 bridgehead atoms. The Hall–Kier alpha value is -2.10. The van der Waals surface area contributed by atoms with Crippen LogP contribution in [0.3, 0.4) is 0 Å². The summed E-state index contributed by atoms with van der Waals surface area (Å²) in [4.78, 5) is 15.4. The van der Waals surface area contributed by atoms with Crippen molar-refractivity contribution in [1.82, 2.24) is 0 Å². The van der Waals surface area contributed by atoms with Crippen LogP contribution in [0.2, 0.25) is 0 Å². The molecule has 190 valence electrons. The molecule has 9 nitrogen and oxygen atoms in total. The molecule has 0 aliphatic carbocycles. The summed E-state index contributed by atoms with van der Waals surface area (Å²) in [6, 6.07) is 8.73. The Bertz CT molecular complexity index is 1110. The molecule has 1 atom stereocenters. The number of sulfonamides is 1. The van der Waals surface area contributed by atoms with Crippen molar-refractivity contribution in [3.63, 3.8) is 0 Å². The van der Waals surface area contributed by atoms with Gasteiger partial charge in [0.15, 0.2) is 12.5 Å². The maximum atomic E-state index is 12.4. The van der Waals surface area contributed by atoms with Crippen molar-refractivity contribution in [1.29, 1.82) is 0 Å². The summed E-state index contributed by atoms with van der Waals surface area (Å²) in [5, 5.41) is 0. The summed E-state index contributed by atoms with van der Waals surface area (Å²) in [6.07, 6.45) is 2.61. The minimum absolute atomic E-state index is 0.0163. The molecule has 2 aromatic rings. The third kappa shape index (κ3) is 7.99. The number of nitrogens with one attached hydrogen (secondary N) is 1. The summed E-state index contributed by atoms with van der Waals surface area (Å²) in [5.41, 5.74) is 3.49. The minimum atomic E-state index is -3.90. The number of anilines is 1. The first kappa shape index (κ1) is 28.1. The Labute approximate surface area is 201 Å². The minimum Gasteiger partial charge on any atom is -0.465 e. The molecule has 11 heteroatoms. The number of aryl methyl sites for hydroxylation is 2. The van der Waals surface area contributed by atoms with Crippen LogP contribution in [-0.4, -0.2) is 39.1 Å². The van der Waals surface area contributed by atoms with E-state index in [1.807, 2.05) is 33.8 Å². The molecule has 2 rings (SSSR count). The predicted octanol–water partition coefficient (Wildman–Crippen LogP) is 4.93. The Balaban J connectivity index is 2.25. The van der Waals surface area contributed by atoms with Gasteiger partial charge in [0, 0.05) is 7.11 Å². The highest BCUT2D eigenvalue weighted by Crippen LogP contribution is 2.50. The summed E-state index contributed by atoms with van der Waals surface area (Å²) in [5.74, 6) is 0.693. The molecule has 0 fully saturated rings. The lowest BCUT2D eigenvalue weighted by molar-refractivity contribution is -0.111. The van der Waals surface area contributed by atoms with Crippen molar-refractivity contribution in [2.24, 2.45) is 0 Å². The van der Waals surface area contributed by atoms with Gasteiger partial charge in [0.1, 0.15) is 5.75 Å². The van der Waals surface area contributed by atoms with Gasteiger partial charge in [-0.2, -0.15) is 0 Å². The molecule has 2 N–H and O–H groups in total. The Morgan fingerprint density at radius 2 is 1.71 bits per heavy atom. The molecule has 0 saturated heterocycles. The molecule has 0 radical (unpaired) electrons. The average molecular weight is 516 g/mol. The second-order valence-electron chi connectivity index (χ2n) is 8.16. The Morgan fingerprint density at radius 3 is 2.24 bits per heavy atom. The number of benzene rings is 2. The van der Waals surface area contributed by atoms with Crippen LogP contribution in [0.25, 0.3) is 0 Å². The van der Waals surface area contributed by atoms with Crippen molar-refractivity contribution in [3.8, 4) is 11.5 Å². The Morgan fingerprint density at radius 1 is 1.09 bits per heavy atom. The fourth-order valence-corrected chi connectivity index (χ4v) is 5.40. The molecule has 0 saturated carbocycles. The van der Waals surface area contributed by atoms with Crippen molar-refractivity contribution in [3.05, 3.63) is 52.6 Å². The number of hydrogen-bond donors (Lipinski definition) is 2. The lowest BCUT2D eigenvalue weighted by atomic mass is 9.95. The van der Waals surface area contributed by atoms with Gasteiger partial charge in [0.05, 0.1) is 17.6 Å². The van der Waals surface area contributed by atoms with Gasteiger partial charge < -0.3 is 19.3 Å². The largest absolute Gasteiger partial charge is 0.465 e. The molecule has 1 unspecified atom stereocenters. The van der Waals surface area contributed by atoms with Crippen LogP contribution in [0.15, 0.2) is 30.3 Å². The van der Waals surface area contributed by atoms with Crippen LogP contribution in [0.4, 0.5) is 5.69 Å². The van der Waals surface area contributed by atoms with Crippen LogP contribution in [0.5, 0.6) is 11.5 Å². The topological polar surface area (TPSA) is 120 Å². The number of rotatable bonds is 13. The van der Waals surface area contributed by atoms with Gasteiger partial charge in [-0.1, -0.05) is 24.6 Å². The lowest BCUT2D eigenvalue weighted by Gasteiger charge is -2.19.